The first-order chi connectivity index (χ1) is 10.5. The Morgan fingerprint density at radius 2 is 1.77 bits per heavy atom. The first-order valence-electron chi connectivity index (χ1n) is 6.65. The smallest absolute Gasteiger partial charge is 0.255 e. The molecule has 0 aliphatic rings. The van der Waals surface area contributed by atoms with E-state index < -0.39 is 10.0 Å². The summed E-state index contributed by atoms with van der Waals surface area (Å²) in [6.45, 7) is 0.0612. The van der Waals surface area contributed by atoms with Gasteiger partial charge in [-0.15, -0.1) is 0 Å². The Labute approximate surface area is 135 Å². The molecule has 2 aromatic rings. The molecule has 0 bridgehead atoms. The lowest BCUT2D eigenvalue weighted by molar-refractivity contribution is 0.299. The van der Waals surface area contributed by atoms with Gasteiger partial charge in [0.1, 0.15) is 0 Å². The molecule has 4 nitrogen and oxygen atoms in total. The summed E-state index contributed by atoms with van der Waals surface area (Å²) in [6, 6.07) is 13.8. The SMILES string of the molecule is O=S(=O)(/C=C/c1ccccc1Cl)Nc1ccc(CCO)cc1. The van der Waals surface area contributed by atoms with Crippen molar-refractivity contribution in [2.45, 2.75) is 6.42 Å². The number of aliphatic hydroxyl groups excluding tert-OH is 1. The van der Waals surface area contributed by atoms with Crippen molar-refractivity contribution in [3.8, 4) is 0 Å². The van der Waals surface area contributed by atoms with Gasteiger partial charge in [-0.25, -0.2) is 8.42 Å². The maximum atomic E-state index is 12.0. The zero-order chi connectivity index (χ0) is 16.0. The number of nitrogens with one attached hydrogen (secondary N) is 1. The van der Waals surface area contributed by atoms with Gasteiger partial charge < -0.3 is 5.11 Å². The lowest BCUT2D eigenvalue weighted by Crippen LogP contribution is -2.08. The quantitative estimate of drug-likeness (QED) is 0.850. The third-order valence-electron chi connectivity index (χ3n) is 2.95. The van der Waals surface area contributed by atoms with Gasteiger partial charge in [0.05, 0.1) is 5.41 Å². The van der Waals surface area contributed by atoms with Gasteiger partial charge in [0.2, 0.25) is 0 Å². The minimum Gasteiger partial charge on any atom is -0.396 e. The van der Waals surface area contributed by atoms with Crippen molar-refractivity contribution in [2.75, 3.05) is 11.3 Å². The number of sulfonamides is 1. The Morgan fingerprint density at radius 3 is 2.41 bits per heavy atom. The molecule has 0 aliphatic heterocycles. The molecule has 0 aromatic heterocycles. The molecule has 116 valence electrons. The van der Waals surface area contributed by atoms with Crippen molar-refractivity contribution in [1.82, 2.24) is 0 Å². The van der Waals surface area contributed by atoms with Crippen LogP contribution in [-0.2, 0) is 16.4 Å². The fraction of sp³-hybridized carbons (Fsp3) is 0.125. The number of anilines is 1. The molecule has 0 spiro atoms. The second-order valence-corrected chi connectivity index (χ2v) is 6.62. The summed E-state index contributed by atoms with van der Waals surface area (Å²) in [5.74, 6) is 0. The predicted molar refractivity (Wildman–Crippen MR) is 90.3 cm³/mol. The van der Waals surface area contributed by atoms with Gasteiger partial charge in [0, 0.05) is 17.3 Å². The van der Waals surface area contributed by atoms with Gasteiger partial charge in [0.15, 0.2) is 0 Å². The van der Waals surface area contributed by atoms with Crippen molar-refractivity contribution < 1.29 is 13.5 Å². The van der Waals surface area contributed by atoms with Crippen LogP contribution in [0.15, 0.2) is 53.9 Å². The summed E-state index contributed by atoms with van der Waals surface area (Å²) in [7, 11) is -3.61. The molecular formula is C16H16ClNO3S. The van der Waals surface area contributed by atoms with E-state index in [9.17, 15) is 8.42 Å². The molecule has 0 radical (unpaired) electrons. The standard InChI is InChI=1S/C16H16ClNO3S/c17-16-4-2-1-3-14(16)10-12-22(20,21)18-15-7-5-13(6-8-15)9-11-19/h1-8,10,12,18-19H,9,11H2/b12-10+. The first kappa shape index (κ1) is 16.5. The molecule has 22 heavy (non-hydrogen) atoms. The molecule has 0 unspecified atom stereocenters. The summed E-state index contributed by atoms with van der Waals surface area (Å²) in [6.07, 6.45) is 1.99. The molecule has 2 N–H and O–H groups in total. The van der Waals surface area contributed by atoms with Gasteiger partial charge in [-0.1, -0.05) is 41.9 Å². The third kappa shape index (κ3) is 4.87. The average molecular weight is 338 g/mol. The van der Waals surface area contributed by atoms with E-state index >= 15 is 0 Å². The second kappa shape index (κ2) is 7.45. The van der Waals surface area contributed by atoms with Gasteiger partial charge in [-0.05, 0) is 41.8 Å². The van der Waals surface area contributed by atoms with Crippen molar-refractivity contribution in [3.63, 3.8) is 0 Å². The minimum absolute atomic E-state index is 0.0612. The maximum absolute atomic E-state index is 12.0. The van der Waals surface area contributed by atoms with Crippen LogP contribution in [0.5, 0.6) is 0 Å². The van der Waals surface area contributed by atoms with Crippen LogP contribution in [0.4, 0.5) is 5.69 Å². The van der Waals surface area contributed by atoms with Crippen LogP contribution >= 0.6 is 11.6 Å². The highest BCUT2D eigenvalue weighted by Crippen LogP contribution is 2.18. The molecule has 6 heteroatoms. The van der Waals surface area contributed by atoms with Gasteiger partial charge in [0.25, 0.3) is 10.0 Å². The van der Waals surface area contributed by atoms with E-state index in [0.29, 0.717) is 22.7 Å². The predicted octanol–water partition coefficient (Wildman–Crippen LogP) is 3.29. The highest BCUT2D eigenvalue weighted by Gasteiger charge is 2.06. The highest BCUT2D eigenvalue weighted by molar-refractivity contribution is 7.95. The minimum atomic E-state index is -3.61. The fourth-order valence-corrected chi connectivity index (χ4v) is 2.90. The number of aliphatic hydroxyl groups is 1. The van der Waals surface area contributed by atoms with Gasteiger partial charge >= 0.3 is 0 Å². The Morgan fingerprint density at radius 1 is 1.09 bits per heavy atom. The molecule has 0 heterocycles. The average Bonchev–Trinajstić information content (AvgIpc) is 2.48. The zero-order valence-corrected chi connectivity index (χ0v) is 13.3. The summed E-state index contributed by atoms with van der Waals surface area (Å²) < 4.78 is 26.5. The van der Waals surface area contributed by atoms with Crippen LogP contribution in [0.2, 0.25) is 5.02 Å². The second-order valence-electron chi connectivity index (χ2n) is 4.64. The van der Waals surface area contributed by atoms with Gasteiger partial charge in [-0.2, -0.15) is 0 Å². The topological polar surface area (TPSA) is 66.4 Å². The maximum Gasteiger partial charge on any atom is 0.255 e. The monoisotopic (exact) mass is 337 g/mol. The van der Waals surface area contributed by atoms with E-state index in [0.717, 1.165) is 11.0 Å². The number of halogens is 1. The molecule has 2 rings (SSSR count). The molecule has 0 saturated carbocycles. The number of hydrogen-bond donors (Lipinski definition) is 2. The molecule has 2 aromatic carbocycles. The van der Waals surface area contributed by atoms with Crippen LogP contribution in [0, 0.1) is 0 Å². The summed E-state index contributed by atoms with van der Waals surface area (Å²) in [4.78, 5) is 0. The van der Waals surface area contributed by atoms with Crippen LogP contribution in [0.1, 0.15) is 11.1 Å². The molecule has 0 fully saturated rings. The van der Waals surface area contributed by atoms with E-state index in [1.807, 2.05) is 0 Å². The van der Waals surface area contributed by atoms with E-state index in [4.69, 9.17) is 16.7 Å². The number of benzene rings is 2. The summed E-state index contributed by atoms with van der Waals surface area (Å²) in [5.41, 5.74) is 2.04. The molecule has 0 amide bonds. The fourth-order valence-electron chi connectivity index (χ4n) is 1.84. The van der Waals surface area contributed by atoms with Crippen LogP contribution in [-0.4, -0.2) is 20.1 Å². The first-order valence-corrected chi connectivity index (χ1v) is 8.58. The van der Waals surface area contributed by atoms with Crippen molar-refractivity contribution in [1.29, 1.82) is 0 Å². The van der Waals surface area contributed by atoms with E-state index in [1.54, 1.807) is 48.5 Å². The number of hydrogen-bond acceptors (Lipinski definition) is 3. The Bertz CT molecular complexity index is 755. The Balaban J connectivity index is 2.09. The lowest BCUT2D eigenvalue weighted by Gasteiger charge is -2.05. The largest absolute Gasteiger partial charge is 0.396 e. The normalized spacial score (nSPS) is 11.7. The Kier molecular flexibility index (Phi) is 5.60. The third-order valence-corrected chi connectivity index (χ3v) is 4.31. The van der Waals surface area contributed by atoms with Crippen LogP contribution in [0.3, 0.4) is 0 Å². The van der Waals surface area contributed by atoms with Crippen LogP contribution < -0.4 is 4.72 Å². The Hall–Kier alpha value is -1.82. The van der Waals surface area contributed by atoms with E-state index in [-0.39, 0.29) is 6.61 Å². The molecule has 0 aliphatic carbocycles. The van der Waals surface area contributed by atoms with E-state index in [1.165, 1.54) is 6.08 Å². The van der Waals surface area contributed by atoms with Crippen molar-refractivity contribution in [3.05, 3.63) is 70.1 Å². The molecular weight excluding hydrogens is 322 g/mol. The number of rotatable bonds is 6. The molecule has 0 saturated heterocycles. The van der Waals surface area contributed by atoms with Crippen molar-refractivity contribution >= 4 is 33.4 Å². The lowest BCUT2D eigenvalue weighted by atomic mass is 10.1. The zero-order valence-electron chi connectivity index (χ0n) is 11.7. The summed E-state index contributed by atoms with van der Waals surface area (Å²) in [5, 5.41) is 10.4. The van der Waals surface area contributed by atoms with Crippen LogP contribution in [0.25, 0.3) is 6.08 Å². The van der Waals surface area contributed by atoms with Crippen molar-refractivity contribution in [2.24, 2.45) is 0 Å². The van der Waals surface area contributed by atoms with Gasteiger partial charge in [-0.3, -0.25) is 4.72 Å². The summed E-state index contributed by atoms with van der Waals surface area (Å²) >= 11 is 5.97. The highest BCUT2D eigenvalue weighted by atomic mass is 35.5. The van der Waals surface area contributed by atoms with E-state index in [2.05, 4.69) is 4.72 Å². The molecule has 0 atom stereocenters.